The van der Waals surface area contributed by atoms with Crippen LogP contribution in [-0.2, 0) is 33.6 Å². The summed E-state index contributed by atoms with van der Waals surface area (Å²) in [5, 5.41) is 12.5. The molecule has 0 aromatic carbocycles. The first kappa shape index (κ1) is 77.5. The quantitative estimate of drug-likeness (QED) is 0.0949. The van der Waals surface area contributed by atoms with Crippen molar-refractivity contribution in [1.29, 1.82) is 0 Å². The predicted octanol–water partition coefficient (Wildman–Crippen LogP) is 3.74. The lowest BCUT2D eigenvalue weighted by atomic mass is 10.6. The second-order valence-electron chi connectivity index (χ2n) is 4.73. The Hall–Kier alpha value is -3.30. The standard InChI is InChI=1S/C4H9NO.C3H7NO2.C3H7NO.C2H6N2O.C2H5NO2.C2H5NO.6C2H6/c1-3-5-4(2)6;1-3(5)4-6-2;1-3(5)4-2;1-2(5)4-3;1-2(4)3-5;1-2(3)4;6*1-2/h3H2,1-2H3,(H,5,6);1-2H3,(H,4,5);1-2H3,(H,4,5);3H2,1H3,(H,4,5);5H,1H3,(H,3,4);1H3,(H2,3,4);6*1-2H3. The van der Waals surface area contributed by atoms with Crippen LogP contribution in [0.25, 0.3) is 0 Å². The van der Waals surface area contributed by atoms with Gasteiger partial charge in [0.15, 0.2) is 0 Å². The third kappa shape index (κ3) is 689. The van der Waals surface area contributed by atoms with E-state index in [2.05, 4.69) is 32.5 Å². The molecule has 0 unspecified atom stereocenters. The van der Waals surface area contributed by atoms with E-state index in [-0.39, 0.29) is 29.5 Å². The van der Waals surface area contributed by atoms with E-state index in [9.17, 15) is 28.8 Å². The van der Waals surface area contributed by atoms with Crippen molar-refractivity contribution in [2.24, 2.45) is 11.6 Å². The van der Waals surface area contributed by atoms with Crippen molar-refractivity contribution in [3.8, 4) is 0 Å². The third-order valence-corrected chi connectivity index (χ3v) is 1.38. The molecule has 0 fully saturated rings. The summed E-state index contributed by atoms with van der Waals surface area (Å²) >= 11 is 0. The Balaban J connectivity index is -0.0000000251. The predicted molar refractivity (Wildman–Crippen MR) is 181 cm³/mol. The number of carbonyl (C=O) groups is 6. The summed E-state index contributed by atoms with van der Waals surface area (Å²) in [6, 6.07) is 0. The Labute approximate surface area is 265 Å². The highest BCUT2D eigenvalue weighted by molar-refractivity contribution is 5.73. The zero-order valence-electron chi connectivity index (χ0n) is 31.7. The number of nitrogens with one attached hydrogen (secondary N) is 5. The molecule has 0 radical (unpaired) electrons. The summed E-state index contributed by atoms with van der Waals surface area (Å²) in [5.41, 5.74) is 9.82. The van der Waals surface area contributed by atoms with Gasteiger partial charge in [-0.05, 0) is 6.92 Å². The van der Waals surface area contributed by atoms with Gasteiger partial charge in [0.2, 0.25) is 35.4 Å². The van der Waals surface area contributed by atoms with Crippen molar-refractivity contribution in [2.45, 2.75) is 132 Å². The van der Waals surface area contributed by atoms with E-state index in [1.54, 1.807) is 7.05 Å². The van der Waals surface area contributed by atoms with Crippen molar-refractivity contribution in [1.82, 2.24) is 27.0 Å². The largest absolute Gasteiger partial charge is 0.370 e. The topological polar surface area (TPSA) is 244 Å². The minimum atomic E-state index is -0.440. The van der Waals surface area contributed by atoms with Crippen molar-refractivity contribution in [3.63, 3.8) is 0 Å². The highest BCUT2D eigenvalue weighted by Gasteiger charge is 1.80. The van der Waals surface area contributed by atoms with Crippen LogP contribution >= 0.6 is 0 Å². The highest BCUT2D eigenvalue weighted by Crippen LogP contribution is 1.54. The van der Waals surface area contributed by atoms with E-state index in [0.717, 1.165) is 6.54 Å². The molecular formula is C28H75N7O8. The van der Waals surface area contributed by atoms with Crippen molar-refractivity contribution in [3.05, 3.63) is 0 Å². The fraction of sp³-hybridized carbons (Fsp3) is 0.786. The van der Waals surface area contributed by atoms with E-state index in [4.69, 9.17) is 5.21 Å². The molecule has 10 N–H and O–H groups in total. The van der Waals surface area contributed by atoms with Gasteiger partial charge >= 0.3 is 0 Å². The van der Waals surface area contributed by atoms with E-state index >= 15 is 0 Å². The average Bonchev–Trinajstić information content (AvgIpc) is 3.00. The number of amides is 6. The molecular weight excluding hydrogens is 562 g/mol. The van der Waals surface area contributed by atoms with Crippen LogP contribution in [0.2, 0.25) is 0 Å². The SMILES string of the molecule is CC.CC.CC.CC.CC.CC.CC(=O)NN.CC(=O)NO.CC(N)=O.CCNC(C)=O.CNC(C)=O.CONC(C)=O. The van der Waals surface area contributed by atoms with E-state index in [0.29, 0.717) is 0 Å². The minimum Gasteiger partial charge on any atom is -0.370 e. The monoisotopic (exact) mass is 638 g/mol. The van der Waals surface area contributed by atoms with Crippen LogP contribution in [0.4, 0.5) is 0 Å². The van der Waals surface area contributed by atoms with Crippen LogP contribution in [0.15, 0.2) is 0 Å². The average molecular weight is 638 g/mol. The van der Waals surface area contributed by atoms with E-state index < -0.39 is 5.91 Å². The van der Waals surface area contributed by atoms with E-state index in [1.165, 1.54) is 54.1 Å². The first-order valence-electron chi connectivity index (χ1n) is 14.4. The van der Waals surface area contributed by atoms with Crippen molar-refractivity contribution in [2.75, 3.05) is 20.7 Å². The summed E-state index contributed by atoms with van der Waals surface area (Å²) < 4.78 is 0. The number of rotatable bonds is 2. The van der Waals surface area contributed by atoms with Gasteiger partial charge in [0.1, 0.15) is 0 Å². The van der Waals surface area contributed by atoms with Gasteiger partial charge in [0.25, 0.3) is 0 Å². The lowest BCUT2D eigenvalue weighted by molar-refractivity contribution is -0.129. The molecule has 0 bridgehead atoms. The van der Waals surface area contributed by atoms with Crippen LogP contribution in [0.5, 0.6) is 0 Å². The van der Waals surface area contributed by atoms with Crippen LogP contribution in [-0.4, -0.2) is 61.4 Å². The Kier molecular flexibility index (Phi) is 211. The lowest BCUT2D eigenvalue weighted by Crippen LogP contribution is -2.26. The van der Waals surface area contributed by atoms with Crippen molar-refractivity contribution >= 4 is 35.4 Å². The van der Waals surface area contributed by atoms with E-state index in [1.807, 2.05) is 95.4 Å². The lowest BCUT2D eigenvalue weighted by Gasteiger charge is -1.90. The number of carbonyl (C=O) groups excluding carboxylic acids is 6. The van der Waals surface area contributed by atoms with Gasteiger partial charge in [-0.3, -0.25) is 44.2 Å². The number of hydrazine groups is 1. The zero-order chi connectivity index (χ0) is 38.4. The summed E-state index contributed by atoms with van der Waals surface area (Å²) in [7, 11) is 2.99. The first-order chi connectivity index (χ1) is 20.1. The summed E-state index contributed by atoms with van der Waals surface area (Å²) in [5.74, 6) is 3.44. The van der Waals surface area contributed by atoms with Gasteiger partial charge in [-0.25, -0.2) is 16.8 Å². The molecule has 0 aliphatic carbocycles. The Morgan fingerprint density at radius 3 is 0.814 bits per heavy atom. The van der Waals surface area contributed by atoms with Gasteiger partial charge in [-0.2, -0.15) is 0 Å². The molecule has 6 amide bonds. The number of hydrogen-bond donors (Lipinski definition) is 8. The molecule has 0 aliphatic heterocycles. The van der Waals surface area contributed by atoms with Gasteiger partial charge in [-0.15, -0.1) is 0 Å². The number of hydroxylamine groups is 2. The van der Waals surface area contributed by atoms with Crippen LogP contribution in [0.3, 0.4) is 0 Å². The van der Waals surface area contributed by atoms with Gasteiger partial charge in [0, 0.05) is 55.1 Å². The molecule has 0 aliphatic rings. The number of hydrogen-bond acceptors (Lipinski definition) is 9. The molecule has 15 heteroatoms. The van der Waals surface area contributed by atoms with Gasteiger partial charge in [0.05, 0.1) is 7.11 Å². The molecule has 0 saturated carbocycles. The second-order valence-corrected chi connectivity index (χ2v) is 4.73. The Morgan fingerprint density at radius 2 is 0.814 bits per heavy atom. The third-order valence-electron chi connectivity index (χ3n) is 1.38. The fourth-order valence-electron chi connectivity index (χ4n) is 0.393. The highest BCUT2D eigenvalue weighted by atomic mass is 16.6. The molecule has 0 atom stereocenters. The van der Waals surface area contributed by atoms with Crippen LogP contribution in [0, 0.1) is 0 Å². The maximum atomic E-state index is 9.93. The molecule has 0 rings (SSSR count). The number of primary amides is 1. The Bertz CT molecular complexity index is 444. The Morgan fingerprint density at radius 1 is 0.605 bits per heavy atom. The molecule has 15 nitrogen and oxygen atoms in total. The van der Waals surface area contributed by atoms with Crippen molar-refractivity contribution < 1.29 is 38.8 Å². The minimum absolute atomic E-state index is 0.00463. The summed E-state index contributed by atoms with van der Waals surface area (Å²) in [4.78, 5) is 61.9. The van der Waals surface area contributed by atoms with Crippen LogP contribution in [0.1, 0.15) is 132 Å². The molecule has 0 spiro atoms. The molecule has 0 aromatic heterocycles. The molecule has 0 aromatic rings. The first-order valence-corrected chi connectivity index (χ1v) is 14.4. The van der Waals surface area contributed by atoms with Gasteiger partial charge < -0.3 is 16.4 Å². The second kappa shape index (κ2) is 117. The normalized spacial score (nSPS) is 5.93. The molecule has 0 heterocycles. The smallest absolute Gasteiger partial charge is 0.240 e. The maximum Gasteiger partial charge on any atom is 0.240 e. The maximum absolute atomic E-state index is 9.93. The molecule has 43 heavy (non-hydrogen) atoms. The summed E-state index contributed by atoms with van der Waals surface area (Å²) in [6.07, 6.45) is 0. The van der Waals surface area contributed by atoms with Crippen LogP contribution < -0.4 is 38.6 Å². The fourth-order valence-corrected chi connectivity index (χ4v) is 0.393. The number of nitrogens with two attached hydrogens (primary N) is 2. The summed E-state index contributed by atoms with van der Waals surface area (Å²) in [6.45, 7) is 34.9. The molecule has 270 valence electrons. The zero-order valence-corrected chi connectivity index (χ0v) is 31.7. The molecule has 0 saturated heterocycles. The van der Waals surface area contributed by atoms with Gasteiger partial charge in [-0.1, -0.05) is 83.1 Å².